The number of rotatable bonds is 3. The molecule has 0 unspecified atom stereocenters. The minimum absolute atomic E-state index is 0.687. The fourth-order valence-corrected chi connectivity index (χ4v) is 2.28. The van der Waals surface area contributed by atoms with Gasteiger partial charge in [-0.25, -0.2) is 10.2 Å². The van der Waals surface area contributed by atoms with Gasteiger partial charge >= 0.3 is 6.03 Å². The first-order chi connectivity index (χ1) is 10.3. The molecule has 1 aromatic carbocycles. The molecule has 0 saturated heterocycles. The molecule has 0 fully saturated rings. The van der Waals surface area contributed by atoms with E-state index in [1.165, 1.54) is 0 Å². The van der Waals surface area contributed by atoms with E-state index in [9.17, 15) is 4.79 Å². The van der Waals surface area contributed by atoms with Gasteiger partial charge in [0.2, 0.25) is 0 Å². The Balaban J connectivity index is 2.14. The van der Waals surface area contributed by atoms with Gasteiger partial charge in [-0.2, -0.15) is 5.10 Å². The molecule has 2 heterocycles. The third-order valence-corrected chi connectivity index (χ3v) is 3.17. The number of pyridine rings is 1. The lowest BCUT2D eigenvalue weighted by Crippen LogP contribution is -2.24. The zero-order chi connectivity index (χ0) is 14.7. The lowest BCUT2D eigenvalue weighted by molar-refractivity contribution is 0.249. The van der Waals surface area contributed by atoms with Gasteiger partial charge in [0, 0.05) is 17.3 Å². The van der Waals surface area contributed by atoms with Crippen molar-refractivity contribution in [3.63, 3.8) is 0 Å². The normalized spacial score (nSPS) is 11.0. The van der Waals surface area contributed by atoms with Gasteiger partial charge in [-0.05, 0) is 23.8 Å². The highest BCUT2D eigenvalue weighted by molar-refractivity contribution is 5.92. The number of hydrogen-bond acceptors (Lipinski definition) is 2. The molecular weight excluding hydrogens is 264 g/mol. The van der Waals surface area contributed by atoms with Crippen molar-refractivity contribution in [2.24, 2.45) is 10.8 Å². The molecule has 0 aliphatic rings. The first kappa shape index (κ1) is 12.9. The lowest BCUT2D eigenvalue weighted by atomic mass is 10.1. The Labute approximate surface area is 121 Å². The second kappa shape index (κ2) is 5.50. The van der Waals surface area contributed by atoms with E-state index in [1.54, 1.807) is 6.21 Å². The predicted molar refractivity (Wildman–Crippen MR) is 83.1 cm³/mol. The Morgan fingerprint density at radius 1 is 1.14 bits per heavy atom. The third kappa shape index (κ3) is 2.62. The summed E-state index contributed by atoms with van der Waals surface area (Å²) in [6.45, 7) is 0. The average Bonchev–Trinajstić information content (AvgIpc) is 2.87. The van der Waals surface area contributed by atoms with Gasteiger partial charge in [0.05, 0.1) is 11.9 Å². The number of nitrogens with one attached hydrogen (secondary N) is 1. The van der Waals surface area contributed by atoms with E-state index < -0.39 is 6.03 Å². The molecule has 0 atom stereocenters. The minimum atomic E-state index is -0.687. The number of urea groups is 1. The van der Waals surface area contributed by atoms with E-state index in [4.69, 9.17) is 5.73 Å². The van der Waals surface area contributed by atoms with Gasteiger partial charge < -0.3 is 10.1 Å². The summed E-state index contributed by atoms with van der Waals surface area (Å²) in [5, 5.41) is 3.88. The summed E-state index contributed by atoms with van der Waals surface area (Å²) < 4.78 is 2.01. The van der Waals surface area contributed by atoms with Crippen LogP contribution in [0.4, 0.5) is 4.79 Å². The summed E-state index contributed by atoms with van der Waals surface area (Å²) >= 11 is 0. The van der Waals surface area contributed by atoms with Crippen LogP contribution < -0.4 is 11.2 Å². The molecule has 5 nitrogen and oxygen atoms in total. The number of fused-ring (bicyclic) bond motifs is 1. The van der Waals surface area contributed by atoms with Crippen LogP contribution in [0.5, 0.6) is 0 Å². The fraction of sp³-hybridized carbons (Fsp3) is 0. The zero-order valence-corrected chi connectivity index (χ0v) is 11.2. The van der Waals surface area contributed by atoms with Crippen molar-refractivity contribution in [1.82, 2.24) is 9.83 Å². The van der Waals surface area contributed by atoms with E-state index in [2.05, 4.69) is 16.6 Å². The SMILES string of the molecule is NC(=O)NN=Cc1c(-c2ccccc2)cc2ccccn12. The van der Waals surface area contributed by atoms with E-state index >= 15 is 0 Å². The van der Waals surface area contributed by atoms with Crippen LogP contribution in [0.3, 0.4) is 0 Å². The molecule has 3 rings (SSSR count). The topological polar surface area (TPSA) is 71.9 Å². The molecule has 0 bridgehead atoms. The summed E-state index contributed by atoms with van der Waals surface area (Å²) in [5.74, 6) is 0. The highest BCUT2D eigenvalue weighted by atomic mass is 16.2. The van der Waals surface area contributed by atoms with Crippen molar-refractivity contribution in [2.45, 2.75) is 0 Å². The maximum atomic E-state index is 10.7. The van der Waals surface area contributed by atoms with E-state index in [1.807, 2.05) is 59.1 Å². The second-order valence-corrected chi connectivity index (χ2v) is 4.54. The maximum absolute atomic E-state index is 10.7. The first-order valence-electron chi connectivity index (χ1n) is 6.50. The number of primary amides is 1. The summed E-state index contributed by atoms with van der Waals surface area (Å²) in [6, 6.07) is 17.4. The molecule has 0 saturated carbocycles. The third-order valence-electron chi connectivity index (χ3n) is 3.17. The van der Waals surface area contributed by atoms with Crippen molar-refractivity contribution in [3.05, 3.63) is 66.5 Å². The Morgan fingerprint density at radius 3 is 2.67 bits per heavy atom. The van der Waals surface area contributed by atoms with Crippen LogP contribution in [0.25, 0.3) is 16.6 Å². The second-order valence-electron chi connectivity index (χ2n) is 4.54. The summed E-state index contributed by atoms with van der Waals surface area (Å²) in [6.07, 6.45) is 3.55. The van der Waals surface area contributed by atoms with E-state index in [-0.39, 0.29) is 0 Å². The van der Waals surface area contributed by atoms with Crippen molar-refractivity contribution in [1.29, 1.82) is 0 Å². The van der Waals surface area contributed by atoms with Gasteiger partial charge in [-0.15, -0.1) is 0 Å². The molecule has 5 heteroatoms. The number of nitrogens with two attached hydrogens (primary N) is 1. The largest absolute Gasteiger partial charge is 0.350 e. The van der Waals surface area contributed by atoms with Crippen LogP contribution in [-0.2, 0) is 0 Å². The van der Waals surface area contributed by atoms with Gasteiger partial charge in [0.1, 0.15) is 0 Å². The number of aromatic nitrogens is 1. The zero-order valence-electron chi connectivity index (χ0n) is 11.2. The molecule has 0 aliphatic carbocycles. The molecule has 104 valence electrons. The van der Waals surface area contributed by atoms with Crippen molar-refractivity contribution in [3.8, 4) is 11.1 Å². The molecular formula is C16H14N4O. The van der Waals surface area contributed by atoms with E-state index in [0.29, 0.717) is 0 Å². The van der Waals surface area contributed by atoms with Crippen molar-refractivity contribution in [2.75, 3.05) is 0 Å². The highest BCUT2D eigenvalue weighted by Crippen LogP contribution is 2.26. The van der Waals surface area contributed by atoms with Gasteiger partial charge in [-0.1, -0.05) is 36.4 Å². The van der Waals surface area contributed by atoms with E-state index in [0.717, 1.165) is 22.3 Å². The summed E-state index contributed by atoms with van der Waals surface area (Å²) in [5.41, 5.74) is 11.3. The molecule has 0 spiro atoms. The van der Waals surface area contributed by atoms with Gasteiger partial charge in [0.15, 0.2) is 0 Å². The first-order valence-corrected chi connectivity index (χ1v) is 6.50. The number of hydrazone groups is 1. The van der Waals surface area contributed by atoms with Crippen LogP contribution in [0.2, 0.25) is 0 Å². The average molecular weight is 278 g/mol. The smallest absolute Gasteiger partial charge is 0.332 e. The highest BCUT2D eigenvalue weighted by Gasteiger charge is 2.09. The standard InChI is InChI=1S/C16H14N4O/c17-16(21)19-18-11-15-14(12-6-2-1-3-7-12)10-13-8-4-5-9-20(13)15/h1-11H,(H3,17,19,21). The Bertz CT molecular complexity index is 806. The molecule has 2 aromatic heterocycles. The monoisotopic (exact) mass is 278 g/mol. The molecule has 2 amide bonds. The lowest BCUT2D eigenvalue weighted by Gasteiger charge is -2.02. The quantitative estimate of drug-likeness (QED) is 0.561. The maximum Gasteiger partial charge on any atom is 0.332 e. The predicted octanol–water partition coefficient (Wildman–Crippen LogP) is 2.61. The summed E-state index contributed by atoms with van der Waals surface area (Å²) in [4.78, 5) is 10.7. The van der Waals surface area contributed by atoms with Crippen LogP contribution in [0.1, 0.15) is 5.69 Å². The number of amides is 2. The Hall–Kier alpha value is -3.08. The number of carbonyl (C=O) groups is 1. The Kier molecular flexibility index (Phi) is 3.39. The van der Waals surface area contributed by atoms with Gasteiger partial charge in [-0.3, -0.25) is 0 Å². The van der Waals surface area contributed by atoms with Crippen LogP contribution >= 0.6 is 0 Å². The minimum Gasteiger partial charge on any atom is -0.350 e. The van der Waals surface area contributed by atoms with Crippen LogP contribution in [0, 0.1) is 0 Å². The number of carbonyl (C=O) groups excluding carboxylic acids is 1. The molecule has 0 aliphatic heterocycles. The molecule has 0 radical (unpaired) electrons. The molecule has 3 aromatic rings. The summed E-state index contributed by atoms with van der Waals surface area (Å²) in [7, 11) is 0. The number of nitrogens with zero attached hydrogens (tertiary/aromatic N) is 2. The van der Waals surface area contributed by atoms with Gasteiger partial charge in [0.25, 0.3) is 0 Å². The van der Waals surface area contributed by atoms with Crippen molar-refractivity contribution >= 4 is 17.8 Å². The molecule has 21 heavy (non-hydrogen) atoms. The van der Waals surface area contributed by atoms with Crippen LogP contribution in [-0.4, -0.2) is 16.6 Å². The number of hydrogen-bond donors (Lipinski definition) is 2. The fourth-order valence-electron chi connectivity index (χ4n) is 2.28. The number of benzene rings is 1. The van der Waals surface area contributed by atoms with Crippen molar-refractivity contribution < 1.29 is 4.79 Å². The Morgan fingerprint density at radius 2 is 1.90 bits per heavy atom. The van der Waals surface area contributed by atoms with Crippen LogP contribution in [0.15, 0.2) is 65.9 Å². The molecule has 3 N–H and O–H groups in total.